The molecule has 0 fully saturated rings. The standard InChI is InChI=1S/C8H11NO.C8H16O2/c1-10-8-4-2-7(6-9)3-5-8;1-3-5-6-7(4-2)8(9)10/h2-5H,6,9H2,1H3;7H,3-6H2,1-2H3,(H,9,10). The Morgan fingerprint density at radius 2 is 1.90 bits per heavy atom. The van der Waals surface area contributed by atoms with Crippen molar-refractivity contribution in [1.82, 2.24) is 0 Å². The maximum atomic E-state index is 10.4. The molecule has 1 atom stereocenters. The number of benzene rings is 1. The summed E-state index contributed by atoms with van der Waals surface area (Å²) in [6.07, 6.45) is 3.71. The van der Waals surface area contributed by atoms with E-state index in [9.17, 15) is 4.79 Å². The maximum Gasteiger partial charge on any atom is 0.306 e. The highest BCUT2D eigenvalue weighted by Crippen LogP contribution is 2.12. The summed E-state index contributed by atoms with van der Waals surface area (Å²) in [4.78, 5) is 10.4. The summed E-state index contributed by atoms with van der Waals surface area (Å²) in [6.45, 7) is 4.59. The molecule has 4 nitrogen and oxygen atoms in total. The van der Waals surface area contributed by atoms with E-state index in [4.69, 9.17) is 15.6 Å². The smallest absolute Gasteiger partial charge is 0.306 e. The quantitative estimate of drug-likeness (QED) is 0.803. The minimum atomic E-state index is -0.643. The Bertz CT molecular complexity index is 339. The summed E-state index contributed by atoms with van der Waals surface area (Å²) in [5.41, 5.74) is 6.53. The van der Waals surface area contributed by atoms with Gasteiger partial charge in [-0.1, -0.05) is 38.8 Å². The Balaban J connectivity index is 0.000000361. The Morgan fingerprint density at radius 1 is 1.30 bits per heavy atom. The molecule has 20 heavy (non-hydrogen) atoms. The van der Waals surface area contributed by atoms with Crippen LogP contribution in [0.4, 0.5) is 0 Å². The van der Waals surface area contributed by atoms with Crippen molar-refractivity contribution < 1.29 is 14.6 Å². The van der Waals surface area contributed by atoms with Gasteiger partial charge in [0.2, 0.25) is 0 Å². The number of hydrogen-bond donors (Lipinski definition) is 2. The molecule has 3 N–H and O–H groups in total. The van der Waals surface area contributed by atoms with Crippen molar-refractivity contribution in [2.75, 3.05) is 7.11 Å². The molecule has 0 bridgehead atoms. The van der Waals surface area contributed by atoms with Crippen LogP contribution in [-0.4, -0.2) is 18.2 Å². The fourth-order valence-corrected chi connectivity index (χ4v) is 1.71. The van der Waals surface area contributed by atoms with Crippen molar-refractivity contribution in [1.29, 1.82) is 0 Å². The van der Waals surface area contributed by atoms with E-state index in [-0.39, 0.29) is 5.92 Å². The van der Waals surface area contributed by atoms with Crippen LogP contribution in [0.3, 0.4) is 0 Å². The molecule has 1 aromatic carbocycles. The molecule has 114 valence electrons. The third-order valence-electron chi connectivity index (χ3n) is 3.14. The van der Waals surface area contributed by atoms with Gasteiger partial charge < -0.3 is 15.6 Å². The predicted molar refractivity (Wildman–Crippen MR) is 81.8 cm³/mol. The number of carbonyl (C=O) groups is 1. The number of rotatable bonds is 7. The number of unbranched alkanes of at least 4 members (excludes halogenated alkanes) is 1. The van der Waals surface area contributed by atoms with Gasteiger partial charge in [0.05, 0.1) is 13.0 Å². The Kier molecular flexibility index (Phi) is 10.4. The molecule has 0 radical (unpaired) electrons. The largest absolute Gasteiger partial charge is 0.497 e. The van der Waals surface area contributed by atoms with E-state index in [1.807, 2.05) is 31.2 Å². The fraction of sp³-hybridized carbons (Fsp3) is 0.562. The lowest BCUT2D eigenvalue weighted by Crippen LogP contribution is -2.11. The first-order chi connectivity index (χ1) is 9.58. The van der Waals surface area contributed by atoms with Crippen LogP contribution in [-0.2, 0) is 11.3 Å². The van der Waals surface area contributed by atoms with Crippen LogP contribution in [0.15, 0.2) is 24.3 Å². The zero-order chi connectivity index (χ0) is 15.4. The highest BCUT2D eigenvalue weighted by molar-refractivity contribution is 5.69. The number of hydrogen-bond acceptors (Lipinski definition) is 3. The molecule has 1 rings (SSSR count). The fourth-order valence-electron chi connectivity index (χ4n) is 1.71. The maximum absolute atomic E-state index is 10.4. The van der Waals surface area contributed by atoms with Gasteiger partial charge >= 0.3 is 5.97 Å². The van der Waals surface area contributed by atoms with Gasteiger partial charge in [0, 0.05) is 6.54 Å². The summed E-state index contributed by atoms with van der Waals surface area (Å²) in [5.74, 6) is 0.119. The number of nitrogens with two attached hydrogens (primary N) is 1. The molecule has 0 saturated carbocycles. The lowest BCUT2D eigenvalue weighted by atomic mass is 10.00. The average Bonchev–Trinajstić information content (AvgIpc) is 2.48. The molecule has 4 heteroatoms. The molecule has 0 amide bonds. The third-order valence-corrected chi connectivity index (χ3v) is 3.14. The second-order valence-electron chi connectivity index (χ2n) is 4.64. The normalized spacial score (nSPS) is 11.2. The Morgan fingerprint density at radius 3 is 2.25 bits per heavy atom. The van der Waals surface area contributed by atoms with Gasteiger partial charge in [-0.2, -0.15) is 0 Å². The first kappa shape index (κ1) is 18.4. The monoisotopic (exact) mass is 281 g/mol. The summed E-state index contributed by atoms with van der Waals surface area (Å²) < 4.78 is 4.97. The van der Waals surface area contributed by atoms with Gasteiger partial charge in [-0.05, 0) is 30.5 Å². The Labute approximate surface area is 121 Å². The van der Waals surface area contributed by atoms with Gasteiger partial charge in [-0.25, -0.2) is 0 Å². The highest BCUT2D eigenvalue weighted by Gasteiger charge is 2.12. The van der Waals surface area contributed by atoms with E-state index in [0.717, 1.165) is 37.0 Å². The first-order valence-corrected chi connectivity index (χ1v) is 7.14. The van der Waals surface area contributed by atoms with Crippen molar-refractivity contribution >= 4 is 5.97 Å². The Hall–Kier alpha value is -1.55. The SMILES string of the molecule is CCCCC(CC)C(=O)O.COc1ccc(CN)cc1. The zero-order valence-electron chi connectivity index (χ0n) is 12.8. The van der Waals surface area contributed by atoms with Gasteiger partial charge in [0.15, 0.2) is 0 Å². The molecule has 0 saturated heterocycles. The van der Waals surface area contributed by atoms with Crippen LogP contribution in [0.5, 0.6) is 5.75 Å². The second kappa shape index (κ2) is 11.3. The number of carboxylic acids is 1. The van der Waals surface area contributed by atoms with Gasteiger partial charge in [0.1, 0.15) is 5.75 Å². The molecule has 0 aliphatic heterocycles. The van der Waals surface area contributed by atoms with Crippen LogP contribution in [0.1, 0.15) is 45.1 Å². The van der Waals surface area contributed by atoms with Crippen LogP contribution in [0, 0.1) is 5.92 Å². The molecule has 1 aromatic rings. The predicted octanol–water partition coefficient (Wildman–Crippen LogP) is 3.44. The van der Waals surface area contributed by atoms with Crippen LogP contribution in [0.2, 0.25) is 0 Å². The molecule has 0 spiro atoms. The lowest BCUT2D eigenvalue weighted by molar-refractivity contribution is -0.142. The van der Waals surface area contributed by atoms with Gasteiger partial charge in [-0.15, -0.1) is 0 Å². The number of methoxy groups -OCH3 is 1. The second-order valence-corrected chi connectivity index (χ2v) is 4.64. The summed E-state index contributed by atoms with van der Waals surface area (Å²) in [7, 11) is 1.65. The number of aliphatic carboxylic acids is 1. The van der Waals surface area contributed by atoms with Crippen molar-refractivity contribution in [2.45, 2.75) is 46.1 Å². The van der Waals surface area contributed by atoms with Crippen LogP contribution < -0.4 is 10.5 Å². The number of carboxylic acid groups (broad SMARTS) is 1. The third kappa shape index (κ3) is 7.79. The van der Waals surface area contributed by atoms with Crippen molar-refractivity contribution in [2.24, 2.45) is 11.7 Å². The van der Waals surface area contributed by atoms with E-state index in [0.29, 0.717) is 6.54 Å². The topological polar surface area (TPSA) is 72.5 Å². The molecular formula is C16H27NO3. The molecule has 0 heterocycles. The van der Waals surface area contributed by atoms with E-state index in [1.165, 1.54) is 0 Å². The van der Waals surface area contributed by atoms with Crippen molar-refractivity contribution in [3.8, 4) is 5.75 Å². The lowest BCUT2D eigenvalue weighted by Gasteiger charge is -2.06. The molecule has 1 unspecified atom stereocenters. The summed E-state index contributed by atoms with van der Waals surface area (Å²) in [6, 6.07) is 7.72. The van der Waals surface area contributed by atoms with Crippen molar-refractivity contribution in [3.63, 3.8) is 0 Å². The van der Waals surface area contributed by atoms with E-state index < -0.39 is 5.97 Å². The molecule has 0 aliphatic carbocycles. The average molecular weight is 281 g/mol. The van der Waals surface area contributed by atoms with E-state index in [1.54, 1.807) is 7.11 Å². The molecule has 0 aromatic heterocycles. The van der Waals surface area contributed by atoms with Gasteiger partial charge in [0.25, 0.3) is 0 Å². The van der Waals surface area contributed by atoms with Crippen molar-refractivity contribution in [3.05, 3.63) is 29.8 Å². The summed E-state index contributed by atoms with van der Waals surface area (Å²) >= 11 is 0. The van der Waals surface area contributed by atoms with E-state index >= 15 is 0 Å². The minimum absolute atomic E-state index is 0.111. The van der Waals surface area contributed by atoms with Gasteiger partial charge in [-0.3, -0.25) is 4.79 Å². The van der Waals surface area contributed by atoms with E-state index in [2.05, 4.69) is 6.92 Å². The number of ether oxygens (including phenoxy) is 1. The highest BCUT2D eigenvalue weighted by atomic mass is 16.5. The first-order valence-electron chi connectivity index (χ1n) is 7.14. The zero-order valence-corrected chi connectivity index (χ0v) is 12.8. The van der Waals surface area contributed by atoms with Crippen LogP contribution in [0.25, 0.3) is 0 Å². The molecular weight excluding hydrogens is 254 g/mol. The summed E-state index contributed by atoms with van der Waals surface area (Å²) in [5, 5.41) is 8.60. The van der Waals surface area contributed by atoms with Crippen LogP contribution >= 0.6 is 0 Å². The minimum Gasteiger partial charge on any atom is -0.497 e. The molecule has 0 aliphatic rings.